The molecule has 0 radical (unpaired) electrons. The van der Waals surface area contributed by atoms with Crippen LogP contribution in [0.3, 0.4) is 0 Å². The Balaban J connectivity index is 1.81. The largest absolute Gasteiger partial charge is 0.385 e. The highest BCUT2D eigenvalue weighted by Gasteiger charge is 2.42. The molecule has 0 aromatic heterocycles. The Morgan fingerprint density at radius 2 is 1.79 bits per heavy atom. The number of carbonyl (C=O) groups is 2. The van der Waals surface area contributed by atoms with E-state index in [-0.39, 0.29) is 11.8 Å². The van der Waals surface area contributed by atoms with Crippen LogP contribution in [0, 0.1) is 0 Å². The summed E-state index contributed by atoms with van der Waals surface area (Å²) < 4.78 is 5.10. The van der Waals surface area contributed by atoms with Gasteiger partial charge < -0.3 is 9.64 Å². The lowest BCUT2D eigenvalue weighted by Crippen LogP contribution is -2.37. The van der Waals surface area contributed by atoms with Gasteiger partial charge in [-0.1, -0.05) is 41.9 Å². The third-order valence-electron chi connectivity index (χ3n) is 5.39. The van der Waals surface area contributed by atoms with Gasteiger partial charge >= 0.3 is 0 Å². The summed E-state index contributed by atoms with van der Waals surface area (Å²) in [4.78, 5) is 30.1. The molecule has 0 saturated heterocycles. The van der Waals surface area contributed by atoms with Crippen molar-refractivity contribution in [3.05, 3.63) is 70.4 Å². The van der Waals surface area contributed by atoms with Gasteiger partial charge in [-0.05, 0) is 48.6 Å². The zero-order valence-corrected chi connectivity index (χ0v) is 17.1. The van der Waals surface area contributed by atoms with E-state index in [1.54, 1.807) is 31.4 Å². The molecule has 5 nitrogen and oxygen atoms in total. The molecular weight excluding hydrogens is 388 g/mol. The monoisotopic (exact) mass is 410 g/mol. The first-order valence-electron chi connectivity index (χ1n) is 9.82. The number of para-hydroxylation sites is 1. The summed E-state index contributed by atoms with van der Waals surface area (Å²) in [6.45, 7) is 1.53. The quantitative estimate of drug-likeness (QED) is 0.535. The lowest BCUT2D eigenvalue weighted by atomic mass is 9.98. The van der Waals surface area contributed by atoms with Crippen molar-refractivity contribution in [3.8, 4) is 0 Å². The van der Waals surface area contributed by atoms with Gasteiger partial charge in [0.05, 0.1) is 5.57 Å². The van der Waals surface area contributed by atoms with Crippen LogP contribution >= 0.6 is 11.6 Å². The number of amides is 2. The maximum Gasteiger partial charge on any atom is 0.278 e. The van der Waals surface area contributed by atoms with Gasteiger partial charge in [0.15, 0.2) is 0 Å². The summed E-state index contributed by atoms with van der Waals surface area (Å²) in [5.74, 6) is -0.501. The molecule has 2 aliphatic rings. The van der Waals surface area contributed by atoms with Crippen LogP contribution in [0.5, 0.6) is 0 Å². The second-order valence-electron chi connectivity index (χ2n) is 7.22. The number of hydrogen-bond acceptors (Lipinski definition) is 4. The predicted octanol–water partition coefficient (Wildman–Crippen LogP) is 3.91. The molecule has 0 fully saturated rings. The zero-order valence-electron chi connectivity index (χ0n) is 16.4. The summed E-state index contributed by atoms with van der Waals surface area (Å²) in [5.41, 5.74) is 3.81. The lowest BCUT2D eigenvalue weighted by Gasteiger charge is -2.32. The summed E-state index contributed by atoms with van der Waals surface area (Å²) in [5, 5.41) is 0.591. The first-order chi connectivity index (χ1) is 14.1. The Labute approximate surface area is 175 Å². The number of rotatable bonds is 6. The number of hydrogen-bond donors (Lipinski definition) is 0. The van der Waals surface area contributed by atoms with Gasteiger partial charge in [0.25, 0.3) is 11.8 Å². The number of methoxy groups -OCH3 is 1. The van der Waals surface area contributed by atoms with Crippen molar-refractivity contribution >= 4 is 34.7 Å². The lowest BCUT2D eigenvalue weighted by molar-refractivity contribution is -0.137. The van der Waals surface area contributed by atoms with Crippen LogP contribution in [0.4, 0.5) is 5.69 Å². The summed E-state index contributed by atoms with van der Waals surface area (Å²) in [6.07, 6.45) is 2.50. The average Bonchev–Trinajstić information content (AvgIpc) is 2.98. The SMILES string of the molecule is COCCCN1C(=O)C(c2ccc(Cl)cc2)=C(N2CCCc3ccccc32)C1=O. The van der Waals surface area contributed by atoms with E-state index in [1.165, 1.54) is 10.5 Å². The topological polar surface area (TPSA) is 49.9 Å². The van der Waals surface area contributed by atoms with E-state index in [0.29, 0.717) is 48.0 Å². The Morgan fingerprint density at radius 1 is 1.03 bits per heavy atom. The van der Waals surface area contributed by atoms with Crippen molar-refractivity contribution in [3.63, 3.8) is 0 Å². The second-order valence-corrected chi connectivity index (χ2v) is 7.66. The Kier molecular flexibility index (Phi) is 5.69. The van der Waals surface area contributed by atoms with Crippen LogP contribution in [0.25, 0.3) is 5.57 Å². The molecule has 150 valence electrons. The maximum absolute atomic E-state index is 13.4. The molecule has 0 aliphatic carbocycles. The van der Waals surface area contributed by atoms with Gasteiger partial charge in [0, 0.05) is 37.5 Å². The van der Waals surface area contributed by atoms with E-state index in [9.17, 15) is 9.59 Å². The molecular formula is C23H23ClN2O3. The van der Waals surface area contributed by atoms with Crippen molar-refractivity contribution in [1.82, 2.24) is 4.90 Å². The van der Waals surface area contributed by atoms with E-state index >= 15 is 0 Å². The van der Waals surface area contributed by atoms with Crippen molar-refractivity contribution in [1.29, 1.82) is 0 Å². The maximum atomic E-state index is 13.4. The smallest absolute Gasteiger partial charge is 0.278 e. The third-order valence-corrected chi connectivity index (χ3v) is 5.64. The number of halogens is 1. The number of aryl methyl sites for hydroxylation is 1. The summed E-state index contributed by atoms with van der Waals surface area (Å²) in [7, 11) is 1.61. The number of fused-ring (bicyclic) bond motifs is 1. The highest BCUT2D eigenvalue weighted by atomic mass is 35.5. The van der Waals surface area contributed by atoms with Crippen molar-refractivity contribution in [2.45, 2.75) is 19.3 Å². The van der Waals surface area contributed by atoms with E-state index in [1.807, 2.05) is 23.1 Å². The van der Waals surface area contributed by atoms with Crippen molar-refractivity contribution in [2.75, 3.05) is 31.7 Å². The molecule has 2 amide bonds. The second kappa shape index (κ2) is 8.39. The van der Waals surface area contributed by atoms with Crippen molar-refractivity contribution in [2.24, 2.45) is 0 Å². The molecule has 6 heteroatoms. The van der Waals surface area contributed by atoms with E-state index in [4.69, 9.17) is 16.3 Å². The van der Waals surface area contributed by atoms with Crippen molar-refractivity contribution < 1.29 is 14.3 Å². The first-order valence-corrected chi connectivity index (χ1v) is 10.2. The molecule has 4 rings (SSSR count). The fourth-order valence-electron chi connectivity index (χ4n) is 4.03. The van der Waals surface area contributed by atoms with Crippen LogP contribution in [-0.2, 0) is 20.7 Å². The zero-order chi connectivity index (χ0) is 20.4. The van der Waals surface area contributed by atoms with Gasteiger partial charge in [0.1, 0.15) is 5.70 Å². The minimum Gasteiger partial charge on any atom is -0.385 e. The minimum atomic E-state index is -0.258. The Morgan fingerprint density at radius 3 is 2.55 bits per heavy atom. The van der Waals surface area contributed by atoms with E-state index in [0.717, 1.165) is 18.5 Å². The average molecular weight is 411 g/mol. The van der Waals surface area contributed by atoms with Crippen LogP contribution < -0.4 is 4.90 Å². The number of benzene rings is 2. The number of ether oxygens (including phenoxy) is 1. The molecule has 2 aliphatic heterocycles. The highest BCUT2D eigenvalue weighted by molar-refractivity contribution is 6.37. The Hall–Kier alpha value is -2.63. The highest BCUT2D eigenvalue weighted by Crippen LogP contribution is 2.38. The number of carbonyl (C=O) groups excluding carboxylic acids is 2. The summed E-state index contributed by atoms with van der Waals surface area (Å²) >= 11 is 6.05. The standard InChI is InChI=1S/C23H23ClN2O3/c1-29-15-5-14-26-22(27)20(17-9-11-18(24)12-10-17)21(23(26)28)25-13-4-7-16-6-2-3-8-19(16)25/h2-3,6,8-12H,4-5,7,13-15H2,1H3. The third kappa shape index (κ3) is 3.68. The van der Waals surface area contributed by atoms with Crippen LogP contribution in [0.15, 0.2) is 54.2 Å². The van der Waals surface area contributed by atoms with E-state index in [2.05, 4.69) is 6.07 Å². The fourth-order valence-corrected chi connectivity index (χ4v) is 4.15. The van der Waals surface area contributed by atoms with Crippen LogP contribution in [-0.4, -0.2) is 43.5 Å². The first kappa shape index (κ1) is 19.7. The molecule has 2 heterocycles. The van der Waals surface area contributed by atoms with Gasteiger partial charge in [0.2, 0.25) is 0 Å². The molecule has 29 heavy (non-hydrogen) atoms. The fraction of sp³-hybridized carbons (Fsp3) is 0.304. The molecule has 0 atom stereocenters. The van der Waals surface area contributed by atoms with Gasteiger partial charge in [-0.3, -0.25) is 14.5 Å². The molecule has 2 aromatic rings. The Bertz CT molecular complexity index is 968. The summed E-state index contributed by atoms with van der Waals surface area (Å²) in [6, 6.07) is 15.2. The molecule has 0 N–H and O–H groups in total. The van der Waals surface area contributed by atoms with Gasteiger partial charge in [-0.25, -0.2) is 0 Å². The number of nitrogens with zero attached hydrogens (tertiary/aromatic N) is 2. The number of anilines is 1. The predicted molar refractivity (Wildman–Crippen MR) is 114 cm³/mol. The molecule has 2 aromatic carbocycles. The van der Waals surface area contributed by atoms with Crippen LogP contribution in [0.2, 0.25) is 5.02 Å². The normalized spacial score (nSPS) is 16.6. The van der Waals surface area contributed by atoms with E-state index < -0.39 is 0 Å². The molecule has 0 unspecified atom stereocenters. The molecule has 0 spiro atoms. The minimum absolute atomic E-state index is 0.243. The van der Waals surface area contributed by atoms with Gasteiger partial charge in [-0.15, -0.1) is 0 Å². The molecule has 0 saturated carbocycles. The van der Waals surface area contributed by atoms with Gasteiger partial charge in [-0.2, -0.15) is 0 Å². The molecule has 0 bridgehead atoms. The van der Waals surface area contributed by atoms with Crippen LogP contribution in [0.1, 0.15) is 24.0 Å². The number of imide groups is 1.